The second-order valence-electron chi connectivity index (χ2n) is 4.88. The van der Waals surface area contributed by atoms with E-state index in [-0.39, 0.29) is 17.7 Å². The molecule has 0 aliphatic heterocycles. The number of halogens is 1. The Morgan fingerprint density at radius 2 is 1.58 bits per heavy atom. The maximum atomic E-state index is 12.1. The van der Waals surface area contributed by atoms with E-state index < -0.39 is 5.97 Å². The van der Waals surface area contributed by atoms with Crippen LogP contribution in [0.5, 0.6) is 0 Å². The number of amides is 1. The van der Waals surface area contributed by atoms with Crippen LogP contribution in [0.1, 0.15) is 25.7 Å². The fraction of sp³-hybridized carbons (Fsp3) is 0.429. The molecule has 1 fully saturated rings. The van der Waals surface area contributed by atoms with Crippen molar-refractivity contribution in [2.75, 3.05) is 5.32 Å². The number of hydrogen-bond acceptors (Lipinski definition) is 2. The maximum Gasteiger partial charge on any atom is 0.306 e. The summed E-state index contributed by atoms with van der Waals surface area (Å²) in [6.45, 7) is 0. The third-order valence-corrected chi connectivity index (χ3v) is 4.09. The lowest BCUT2D eigenvalue weighted by atomic mass is 9.81. The van der Waals surface area contributed by atoms with E-state index in [1.54, 1.807) is 0 Å². The SMILES string of the molecule is O=C(O)C1CCC(C(=O)Nc2ccc(Br)cc2)CC1. The van der Waals surface area contributed by atoms with Crippen molar-refractivity contribution < 1.29 is 14.7 Å². The van der Waals surface area contributed by atoms with Gasteiger partial charge in [0.05, 0.1) is 5.92 Å². The molecular formula is C14H16BrNO3. The van der Waals surface area contributed by atoms with E-state index in [0.29, 0.717) is 25.7 Å². The van der Waals surface area contributed by atoms with Crippen molar-refractivity contribution in [1.82, 2.24) is 0 Å². The van der Waals surface area contributed by atoms with Gasteiger partial charge in [0.25, 0.3) is 0 Å². The fourth-order valence-electron chi connectivity index (χ4n) is 2.38. The Morgan fingerprint density at radius 1 is 1.05 bits per heavy atom. The second kappa shape index (κ2) is 6.19. The molecule has 0 aromatic heterocycles. The number of nitrogens with one attached hydrogen (secondary N) is 1. The van der Waals surface area contributed by atoms with Gasteiger partial charge in [0.1, 0.15) is 0 Å². The highest BCUT2D eigenvalue weighted by Gasteiger charge is 2.29. The first kappa shape index (κ1) is 14.1. The summed E-state index contributed by atoms with van der Waals surface area (Å²) in [7, 11) is 0. The Labute approximate surface area is 120 Å². The van der Waals surface area contributed by atoms with Crippen molar-refractivity contribution in [3.05, 3.63) is 28.7 Å². The van der Waals surface area contributed by atoms with E-state index in [0.717, 1.165) is 10.2 Å². The van der Waals surface area contributed by atoms with E-state index in [9.17, 15) is 9.59 Å². The van der Waals surface area contributed by atoms with Crippen LogP contribution in [0.15, 0.2) is 28.7 Å². The quantitative estimate of drug-likeness (QED) is 0.896. The minimum absolute atomic E-state index is 0.00818. The first-order valence-corrected chi connectivity index (χ1v) is 7.15. The summed E-state index contributed by atoms with van der Waals surface area (Å²) >= 11 is 3.34. The lowest BCUT2D eigenvalue weighted by Gasteiger charge is -2.25. The van der Waals surface area contributed by atoms with E-state index in [2.05, 4.69) is 21.2 Å². The molecule has 0 atom stereocenters. The summed E-state index contributed by atoms with van der Waals surface area (Å²) in [6, 6.07) is 7.42. The minimum Gasteiger partial charge on any atom is -0.481 e. The van der Waals surface area contributed by atoms with Gasteiger partial charge in [-0.1, -0.05) is 15.9 Å². The van der Waals surface area contributed by atoms with Gasteiger partial charge in [0, 0.05) is 16.1 Å². The molecule has 1 aliphatic carbocycles. The van der Waals surface area contributed by atoms with Crippen LogP contribution >= 0.6 is 15.9 Å². The first-order valence-electron chi connectivity index (χ1n) is 6.35. The third-order valence-electron chi connectivity index (χ3n) is 3.56. The number of carboxylic acids is 1. The molecule has 0 unspecified atom stereocenters. The molecule has 0 spiro atoms. The normalized spacial score (nSPS) is 22.8. The Hall–Kier alpha value is -1.36. The summed E-state index contributed by atoms with van der Waals surface area (Å²) in [4.78, 5) is 22.9. The molecule has 2 N–H and O–H groups in total. The van der Waals surface area contributed by atoms with Crippen molar-refractivity contribution in [1.29, 1.82) is 0 Å². The number of rotatable bonds is 3. The van der Waals surface area contributed by atoms with Gasteiger partial charge in [-0.3, -0.25) is 9.59 Å². The summed E-state index contributed by atoms with van der Waals surface area (Å²) < 4.78 is 0.965. The van der Waals surface area contributed by atoms with Crippen LogP contribution in [0.2, 0.25) is 0 Å². The van der Waals surface area contributed by atoms with Gasteiger partial charge in [0.15, 0.2) is 0 Å². The lowest BCUT2D eigenvalue weighted by Crippen LogP contribution is -2.29. The van der Waals surface area contributed by atoms with Crippen molar-refractivity contribution in [3.8, 4) is 0 Å². The predicted molar refractivity (Wildman–Crippen MR) is 75.9 cm³/mol. The van der Waals surface area contributed by atoms with Gasteiger partial charge in [-0.15, -0.1) is 0 Å². The molecule has 1 amide bonds. The molecule has 2 rings (SSSR count). The van der Waals surface area contributed by atoms with Crippen molar-refractivity contribution in [3.63, 3.8) is 0 Å². The van der Waals surface area contributed by atoms with Crippen molar-refractivity contribution in [2.24, 2.45) is 11.8 Å². The molecule has 5 heteroatoms. The number of carboxylic acid groups (broad SMARTS) is 1. The highest BCUT2D eigenvalue weighted by Crippen LogP contribution is 2.29. The second-order valence-corrected chi connectivity index (χ2v) is 5.80. The molecular weight excluding hydrogens is 310 g/mol. The predicted octanol–water partition coefficient (Wildman–Crippen LogP) is 3.28. The van der Waals surface area contributed by atoms with Gasteiger partial charge in [-0.2, -0.15) is 0 Å². The Kier molecular flexibility index (Phi) is 4.58. The van der Waals surface area contributed by atoms with Crippen LogP contribution in [0.4, 0.5) is 5.69 Å². The molecule has 0 saturated heterocycles. The summed E-state index contributed by atoms with van der Waals surface area (Å²) in [5.41, 5.74) is 0.772. The Balaban J connectivity index is 1.88. The van der Waals surface area contributed by atoms with Crippen LogP contribution < -0.4 is 5.32 Å². The molecule has 0 radical (unpaired) electrons. The van der Waals surface area contributed by atoms with E-state index in [1.165, 1.54) is 0 Å². The molecule has 4 nitrogen and oxygen atoms in total. The van der Waals surface area contributed by atoms with E-state index in [4.69, 9.17) is 5.11 Å². The minimum atomic E-state index is -0.744. The van der Waals surface area contributed by atoms with Gasteiger partial charge >= 0.3 is 5.97 Å². The smallest absolute Gasteiger partial charge is 0.306 e. The van der Waals surface area contributed by atoms with Crippen molar-refractivity contribution in [2.45, 2.75) is 25.7 Å². The molecule has 0 bridgehead atoms. The summed E-state index contributed by atoms with van der Waals surface area (Å²) in [5, 5.41) is 11.8. The van der Waals surface area contributed by atoms with Crippen LogP contribution in [-0.4, -0.2) is 17.0 Å². The molecule has 1 aromatic carbocycles. The van der Waals surface area contributed by atoms with E-state index >= 15 is 0 Å². The van der Waals surface area contributed by atoms with E-state index in [1.807, 2.05) is 24.3 Å². The standard InChI is InChI=1S/C14H16BrNO3/c15-11-5-7-12(8-6-11)16-13(17)9-1-3-10(4-2-9)14(18)19/h5-10H,1-4H2,(H,16,17)(H,18,19). The molecule has 1 saturated carbocycles. The Bertz CT molecular complexity index is 464. The number of anilines is 1. The monoisotopic (exact) mass is 325 g/mol. The number of aliphatic carboxylic acids is 1. The maximum absolute atomic E-state index is 12.1. The third kappa shape index (κ3) is 3.80. The van der Waals surface area contributed by atoms with Crippen LogP contribution in [0.3, 0.4) is 0 Å². The van der Waals surface area contributed by atoms with Crippen LogP contribution in [-0.2, 0) is 9.59 Å². The average Bonchev–Trinajstić information content (AvgIpc) is 2.41. The molecule has 0 heterocycles. The topological polar surface area (TPSA) is 66.4 Å². The highest BCUT2D eigenvalue weighted by atomic mass is 79.9. The number of hydrogen-bond donors (Lipinski definition) is 2. The summed E-state index contributed by atoms with van der Waals surface area (Å²) in [6.07, 6.45) is 2.49. The van der Waals surface area contributed by atoms with Crippen LogP contribution in [0.25, 0.3) is 0 Å². The average molecular weight is 326 g/mol. The zero-order chi connectivity index (χ0) is 13.8. The molecule has 1 aliphatic rings. The first-order chi connectivity index (χ1) is 9.06. The van der Waals surface area contributed by atoms with Gasteiger partial charge in [-0.25, -0.2) is 0 Å². The number of carbonyl (C=O) groups is 2. The van der Waals surface area contributed by atoms with Gasteiger partial charge in [-0.05, 0) is 49.9 Å². The summed E-state index contributed by atoms with van der Waals surface area (Å²) in [5.74, 6) is -1.10. The van der Waals surface area contributed by atoms with Crippen molar-refractivity contribution >= 4 is 33.5 Å². The lowest BCUT2D eigenvalue weighted by molar-refractivity contribution is -0.143. The largest absolute Gasteiger partial charge is 0.481 e. The molecule has 19 heavy (non-hydrogen) atoms. The fourth-order valence-corrected chi connectivity index (χ4v) is 2.64. The highest BCUT2D eigenvalue weighted by molar-refractivity contribution is 9.10. The van der Waals surface area contributed by atoms with Gasteiger partial charge in [0.2, 0.25) is 5.91 Å². The molecule has 102 valence electrons. The zero-order valence-corrected chi connectivity index (χ0v) is 12.0. The number of benzene rings is 1. The Morgan fingerprint density at radius 3 is 2.11 bits per heavy atom. The van der Waals surface area contributed by atoms with Crippen LogP contribution in [0, 0.1) is 11.8 Å². The zero-order valence-electron chi connectivity index (χ0n) is 10.4. The van der Waals surface area contributed by atoms with Gasteiger partial charge < -0.3 is 10.4 Å². The number of carbonyl (C=O) groups excluding carboxylic acids is 1. The molecule has 1 aromatic rings.